The molecule has 7 nitrogen and oxygen atoms in total. The number of aromatic hydroxyl groups is 1. The lowest BCUT2D eigenvalue weighted by molar-refractivity contribution is -0.135. The molecular formula is C20H19NO6. The first-order chi connectivity index (χ1) is 12.7. The number of nitrogens with zero attached hydrogens (tertiary/aromatic N) is 1. The molecule has 2 heterocycles. The number of fused-ring (bicyclic) bond motifs is 3. The Hall–Kier alpha value is -3.22. The average molecular weight is 369 g/mol. The van der Waals surface area contributed by atoms with Crippen LogP contribution in [0, 0.1) is 0 Å². The second-order valence-corrected chi connectivity index (χ2v) is 7.47. The maximum atomic E-state index is 12.9. The summed E-state index contributed by atoms with van der Waals surface area (Å²) >= 11 is 0. The largest absolute Gasteiger partial charge is 0.508 e. The highest BCUT2D eigenvalue weighted by Gasteiger charge is 2.34. The maximum absolute atomic E-state index is 12.9. The average Bonchev–Trinajstić information content (AvgIpc) is 2.56. The Morgan fingerprint density at radius 3 is 2.52 bits per heavy atom. The van der Waals surface area contributed by atoms with Crippen LogP contribution in [-0.4, -0.2) is 22.8 Å². The summed E-state index contributed by atoms with van der Waals surface area (Å²) in [6, 6.07) is 7.85. The first-order valence-electron chi connectivity index (χ1n) is 8.63. The third-order valence-corrected chi connectivity index (χ3v) is 4.19. The van der Waals surface area contributed by atoms with Gasteiger partial charge in [-0.3, -0.25) is 4.79 Å². The predicted octanol–water partition coefficient (Wildman–Crippen LogP) is 4.42. The first kappa shape index (κ1) is 17.2. The Morgan fingerprint density at radius 2 is 1.78 bits per heavy atom. The normalized spacial score (nSPS) is 15.1. The van der Waals surface area contributed by atoms with Crippen LogP contribution in [0.25, 0.3) is 0 Å². The molecule has 0 aromatic heterocycles. The summed E-state index contributed by atoms with van der Waals surface area (Å²) in [5, 5.41) is 9.79. The number of carbonyl (C=O) groups is 2. The number of aryl methyl sites for hydroxylation is 1. The smallest absolute Gasteiger partial charge is 0.419 e. The maximum Gasteiger partial charge on any atom is 0.419 e. The number of phenols is 1. The van der Waals surface area contributed by atoms with Crippen LogP contribution in [0.4, 0.5) is 16.2 Å². The quantitative estimate of drug-likeness (QED) is 0.546. The molecule has 0 bridgehead atoms. The number of rotatable bonds is 0. The molecule has 140 valence electrons. The number of hydrogen-bond donors (Lipinski definition) is 1. The summed E-state index contributed by atoms with van der Waals surface area (Å²) in [6.45, 7) is 5.36. The van der Waals surface area contributed by atoms with Crippen LogP contribution >= 0.6 is 0 Å². The predicted molar refractivity (Wildman–Crippen MR) is 97.0 cm³/mol. The Balaban J connectivity index is 1.85. The number of amides is 1. The van der Waals surface area contributed by atoms with Crippen LogP contribution in [-0.2, 0) is 16.0 Å². The van der Waals surface area contributed by atoms with E-state index in [9.17, 15) is 14.7 Å². The van der Waals surface area contributed by atoms with Crippen molar-refractivity contribution in [1.82, 2.24) is 0 Å². The van der Waals surface area contributed by atoms with E-state index in [0.717, 1.165) is 5.56 Å². The summed E-state index contributed by atoms with van der Waals surface area (Å²) in [6.07, 6.45) is 0.238. The first-order valence-corrected chi connectivity index (χ1v) is 8.63. The second-order valence-electron chi connectivity index (χ2n) is 7.47. The molecule has 0 aliphatic carbocycles. The van der Waals surface area contributed by atoms with Crippen LogP contribution < -0.4 is 14.4 Å². The molecule has 0 saturated carbocycles. The summed E-state index contributed by atoms with van der Waals surface area (Å²) < 4.78 is 16.7. The van der Waals surface area contributed by atoms with E-state index < -0.39 is 11.7 Å². The van der Waals surface area contributed by atoms with E-state index in [0.29, 0.717) is 35.0 Å². The molecule has 2 aliphatic rings. The van der Waals surface area contributed by atoms with Gasteiger partial charge in [-0.25, -0.2) is 9.69 Å². The van der Waals surface area contributed by atoms with Gasteiger partial charge < -0.3 is 19.3 Å². The van der Waals surface area contributed by atoms with Gasteiger partial charge in [-0.15, -0.1) is 0 Å². The molecule has 0 saturated heterocycles. The van der Waals surface area contributed by atoms with Crippen molar-refractivity contribution in [2.45, 2.75) is 39.2 Å². The zero-order valence-electron chi connectivity index (χ0n) is 15.2. The van der Waals surface area contributed by atoms with E-state index in [-0.39, 0.29) is 18.1 Å². The summed E-state index contributed by atoms with van der Waals surface area (Å²) in [5.41, 5.74) is 1.09. The minimum Gasteiger partial charge on any atom is -0.508 e. The van der Waals surface area contributed by atoms with Crippen LogP contribution in [0.15, 0.2) is 30.3 Å². The lowest BCUT2D eigenvalue weighted by Crippen LogP contribution is -2.35. The number of esters is 1. The van der Waals surface area contributed by atoms with E-state index >= 15 is 0 Å². The SMILES string of the molecule is CC(C)(C)OC(=O)N1c2ccc(O)cc2Oc2cc3c(cc21)CCC(=O)O3. The van der Waals surface area contributed by atoms with Gasteiger partial charge in [0.15, 0.2) is 11.5 Å². The van der Waals surface area contributed by atoms with Crippen LogP contribution in [0.1, 0.15) is 32.8 Å². The molecule has 2 aromatic carbocycles. The zero-order chi connectivity index (χ0) is 19.3. The number of hydrogen-bond acceptors (Lipinski definition) is 6. The molecule has 0 fully saturated rings. The lowest BCUT2D eigenvalue weighted by Gasteiger charge is -2.33. The Morgan fingerprint density at radius 1 is 1.04 bits per heavy atom. The number of phenolic OH excluding ortho intramolecular Hbond substituents is 1. The van der Waals surface area contributed by atoms with E-state index in [4.69, 9.17) is 14.2 Å². The zero-order valence-corrected chi connectivity index (χ0v) is 15.2. The number of carbonyl (C=O) groups excluding carboxylic acids is 2. The molecule has 0 radical (unpaired) electrons. The Bertz CT molecular complexity index is 960. The second kappa shape index (κ2) is 5.90. The van der Waals surface area contributed by atoms with Crippen molar-refractivity contribution in [1.29, 1.82) is 0 Å². The molecule has 7 heteroatoms. The minimum absolute atomic E-state index is 0.00530. The monoisotopic (exact) mass is 369 g/mol. The Labute approximate surface area is 156 Å². The molecule has 0 atom stereocenters. The van der Waals surface area contributed by atoms with Gasteiger partial charge in [0.05, 0.1) is 17.8 Å². The van der Waals surface area contributed by atoms with E-state index in [1.165, 1.54) is 17.0 Å². The van der Waals surface area contributed by atoms with E-state index in [1.54, 1.807) is 39.0 Å². The summed E-state index contributed by atoms with van der Waals surface area (Å²) in [4.78, 5) is 25.9. The third kappa shape index (κ3) is 3.16. The van der Waals surface area contributed by atoms with Crippen molar-refractivity contribution in [3.63, 3.8) is 0 Å². The highest BCUT2D eigenvalue weighted by Crippen LogP contribution is 2.50. The molecular weight excluding hydrogens is 350 g/mol. The number of benzene rings is 2. The highest BCUT2D eigenvalue weighted by atomic mass is 16.6. The van der Waals surface area contributed by atoms with Crippen LogP contribution in [0.5, 0.6) is 23.0 Å². The molecule has 4 rings (SSSR count). The lowest BCUT2D eigenvalue weighted by atomic mass is 10.0. The van der Waals surface area contributed by atoms with Gasteiger partial charge in [0.25, 0.3) is 0 Å². The molecule has 1 N–H and O–H groups in total. The Kier molecular flexibility index (Phi) is 3.76. The molecule has 0 spiro atoms. The molecule has 2 aromatic rings. The van der Waals surface area contributed by atoms with Crippen molar-refractivity contribution in [3.8, 4) is 23.0 Å². The molecule has 1 amide bonds. The van der Waals surface area contributed by atoms with Crippen molar-refractivity contribution in [3.05, 3.63) is 35.9 Å². The summed E-state index contributed by atoms with van der Waals surface area (Å²) in [7, 11) is 0. The van der Waals surface area contributed by atoms with Gasteiger partial charge in [0.1, 0.15) is 17.1 Å². The fourth-order valence-electron chi connectivity index (χ4n) is 3.07. The van der Waals surface area contributed by atoms with E-state index in [1.807, 2.05) is 0 Å². The fraction of sp³-hybridized carbons (Fsp3) is 0.300. The third-order valence-electron chi connectivity index (χ3n) is 4.19. The molecule has 2 aliphatic heterocycles. The van der Waals surface area contributed by atoms with Gasteiger partial charge >= 0.3 is 12.1 Å². The van der Waals surface area contributed by atoms with Gasteiger partial charge in [0.2, 0.25) is 0 Å². The van der Waals surface area contributed by atoms with Crippen molar-refractivity contribution >= 4 is 23.4 Å². The van der Waals surface area contributed by atoms with Crippen molar-refractivity contribution in [2.75, 3.05) is 4.90 Å². The van der Waals surface area contributed by atoms with Gasteiger partial charge in [0, 0.05) is 12.1 Å². The van der Waals surface area contributed by atoms with Gasteiger partial charge in [-0.05, 0) is 51.0 Å². The van der Waals surface area contributed by atoms with Gasteiger partial charge in [-0.1, -0.05) is 0 Å². The van der Waals surface area contributed by atoms with E-state index in [2.05, 4.69) is 0 Å². The molecule has 27 heavy (non-hydrogen) atoms. The summed E-state index contributed by atoms with van der Waals surface area (Å²) in [5.74, 6) is 0.756. The minimum atomic E-state index is -0.684. The highest BCUT2D eigenvalue weighted by molar-refractivity contribution is 6.01. The molecule has 0 unspecified atom stereocenters. The van der Waals surface area contributed by atoms with Crippen molar-refractivity contribution < 1.29 is 28.9 Å². The number of anilines is 2. The van der Waals surface area contributed by atoms with Gasteiger partial charge in [-0.2, -0.15) is 0 Å². The van der Waals surface area contributed by atoms with Crippen molar-refractivity contribution in [2.24, 2.45) is 0 Å². The standard InChI is InChI=1S/C20H19NO6/c1-20(2,3)27-19(24)21-13-6-5-12(22)9-16(13)25-17-10-15-11(8-14(17)21)4-7-18(23)26-15/h5-6,8-10,22H,4,7H2,1-3H3. The number of ether oxygens (including phenoxy) is 3. The van der Waals surface area contributed by atoms with Crippen LogP contribution in [0.2, 0.25) is 0 Å². The topological polar surface area (TPSA) is 85.3 Å². The van der Waals surface area contributed by atoms with Crippen LogP contribution in [0.3, 0.4) is 0 Å². The fourth-order valence-corrected chi connectivity index (χ4v) is 3.07.